The van der Waals surface area contributed by atoms with Gasteiger partial charge in [-0.05, 0) is 43.0 Å². The van der Waals surface area contributed by atoms with E-state index in [1.54, 1.807) is 0 Å². The molecule has 0 fully saturated rings. The van der Waals surface area contributed by atoms with Gasteiger partial charge in [-0.2, -0.15) is 0 Å². The average molecular weight is 331 g/mol. The van der Waals surface area contributed by atoms with Crippen molar-refractivity contribution in [3.05, 3.63) is 59.3 Å². The number of allylic oxidation sites excluding steroid dienone is 1. The molecule has 0 radical (unpaired) electrons. The number of hydrogen-bond donors (Lipinski definition) is 1. The van der Waals surface area contributed by atoms with E-state index in [9.17, 15) is 13.6 Å². The van der Waals surface area contributed by atoms with Gasteiger partial charge in [0, 0.05) is 30.6 Å². The van der Waals surface area contributed by atoms with E-state index in [0.29, 0.717) is 6.67 Å². The number of rotatable bonds is 4. The van der Waals surface area contributed by atoms with Gasteiger partial charge in [-0.3, -0.25) is 14.7 Å². The topological polar surface area (TPSA) is 44.7 Å². The smallest absolute Gasteiger partial charge is 0.252 e. The van der Waals surface area contributed by atoms with Crippen molar-refractivity contribution in [2.75, 3.05) is 19.8 Å². The molecular formula is C18H19F2N3O. The molecule has 2 aliphatic rings. The molecule has 6 heteroatoms. The van der Waals surface area contributed by atoms with Crippen LogP contribution in [0.3, 0.4) is 0 Å². The molecule has 0 aromatic heterocycles. The van der Waals surface area contributed by atoms with E-state index in [2.05, 4.69) is 27.4 Å². The van der Waals surface area contributed by atoms with Crippen molar-refractivity contribution in [3.63, 3.8) is 0 Å². The molecule has 0 bridgehead atoms. The molecular weight excluding hydrogens is 312 g/mol. The lowest BCUT2D eigenvalue weighted by atomic mass is 9.98. The van der Waals surface area contributed by atoms with Crippen LogP contribution < -0.4 is 5.32 Å². The lowest BCUT2D eigenvalue weighted by molar-refractivity contribution is 0.0925. The molecule has 126 valence electrons. The third-order valence-electron chi connectivity index (χ3n) is 4.19. The van der Waals surface area contributed by atoms with Crippen LogP contribution >= 0.6 is 0 Å². The highest BCUT2D eigenvalue weighted by molar-refractivity contribution is 6.01. The van der Waals surface area contributed by atoms with Crippen LogP contribution in [0.15, 0.2) is 47.1 Å². The number of nitrogens with zero attached hydrogens (tertiary/aromatic N) is 2. The summed E-state index contributed by atoms with van der Waals surface area (Å²) in [4.78, 5) is 18.5. The second-order valence-corrected chi connectivity index (χ2v) is 5.85. The fourth-order valence-electron chi connectivity index (χ4n) is 2.79. The number of amides is 1. The molecule has 0 aliphatic carbocycles. The SMILES string of the molecule is O=C(NCN1CC=C(C2=NC=CCC2)CC1)c1ccc(F)c(F)c1. The van der Waals surface area contributed by atoms with Gasteiger partial charge in [0.1, 0.15) is 0 Å². The normalized spacial score (nSPS) is 18.1. The first-order chi connectivity index (χ1) is 11.6. The van der Waals surface area contributed by atoms with Gasteiger partial charge in [-0.25, -0.2) is 8.78 Å². The van der Waals surface area contributed by atoms with Crippen molar-refractivity contribution in [2.24, 2.45) is 4.99 Å². The summed E-state index contributed by atoms with van der Waals surface area (Å²) in [5, 5.41) is 2.74. The maximum atomic E-state index is 13.2. The first-order valence-corrected chi connectivity index (χ1v) is 8.00. The first kappa shape index (κ1) is 16.5. The molecule has 0 atom stereocenters. The monoisotopic (exact) mass is 331 g/mol. The van der Waals surface area contributed by atoms with Gasteiger partial charge in [-0.1, -0.05) is 12.2 Å². The molecule has 1 aromatic carbocycles. The minimum atomic E-state index is -1.02. The van der Waals surface area contributed by atoms with Crippen molar-refractivity contribution < 1.29 is 13.6 Å². The van der Waals surface area contributed by atoms with Crippen LogP contribution in [0, 0.1) is 11.6 Å². The van der Waals surface area contributed by atoms with Gasteiger partial charge in [-0.15, -0.1) is 0 Å². The van der Waals surface area contributed by atoms with Crippen LogP contribution in [-0.4, -0.2) is 36.3 Å². The number of hydrogen-bond acceptors (Lipinski definition) is 3. The van der Waals surface area contributed by atoms with Crippen LogP contribution in [0.2, 0.25) is 0 Å². The highest BCUT2D eigenvalue weighted by Crippen LogP contribution is 2.17. The van der Waals surface area contributed by atoms with Crippen LogP contribution in [-0.2, 0) is 0 Å². The zero-order valence-electron chi connectivity index (χ0n) is 13.3. The number of benzene rings is 1. The maximum absolute atomic E-state index is 13.2. The number of carbonyl (C=O) groups excluding carboxylic acids is 1. The lowest BCUT2D eigenvalue weighted by Crippen LogP contribution is -2.40. The van der Waals surface area contributed by atoms with Gasteiger partial charge in [0.15, 0.2) is 11.6 Å². The largest absolute Gasteiger partial charge is 0.339 e. The maximum Gasteiger partial charge on any atom is 0.252 e. The molecule has 24 heavy (non-hydrogen) atoms. The van der Waals surface area contributed by atoms with Crippen LogP contribution in [0.5, 0.6) is 0 Å². The van der Waals surface area contributed by atoms with Crippen LogP contribution in [0.25, 0.3) is 0 Å². The van der Waals surface area contributed by atoms with Gasteiger partial charge in [0.05, 0.1) is 6.67 Å². The molecule has 0 saturated carbocycles. The Balaban J connectivity index is 1.52. The molecule has 1 N–H and O–H groups in total. The predicted octanol–water partition coefficient (Wildman–Crippen LogP) is 3.03. The molecule has 1 aromatic rings. The molecule has 2 heterocycles. The predicted molar refractivity (Wildman–Crippen MR) is 88.8 cm³/mol. The second-order valence-electron chi connectivity index (χ2n) is 5.85. The highest BCUT2D eigenvalue weighted by Gasteiger charge is 2.17. The van der Waals surface area contributed by atoms with Crippen molar-refractivity contribution in [3.8, 4) is 0 Å². The fourth-order valence-corrected chi connectivity index (χ4v) is 2.79. The summed E-state index contributed by atoms with van der Waals surface area (Å²) in [6.07, 6.45) is 8.97. The summed E-state index contributed by atoms with van der Waals surface area (Å²) in [6.45, 7) is 1.93. The van der Waals surface area contributed by atoms with Crippen LogP contribution in [0.1, 0.15) is 29.6 Å². The first-order valence-electron chi connectivity index (χ1n) is 8.00. The van der Waals surface area contributed by atoms with Crippen molar-refractivity contribution in [1.82, 2.24) is 10.2 Å². The Bertz CT molecular complexity index is 725. The number of aliphatic imine (C=N–C) groups is 1. The second kappa shape index (κ2) is 7.49. The summed E-state index contributed by atoms with van der Waals surface area (Å²) in [7, 11) is 0. The third-order valence-corrected chi connectivity index (χ3v) is 4.19. The number of carbonyl (C=O) groups is 1. The molecule has 3 rings (SSSR count). The fraction of sp³-hybridized carbons (Fsp3) is 0.333. The van der Waals surface area contributed by atoms with Crippen LogP contribution in [0.4, 0.5) is 8.78 Å². The van der Waals surface area contributed by atoms with E-state index in [1.807, 2.05) is 6.20 Å². The Labute approximate surface area is 139 Å². The zero-order chi connectivity index (χ0) is 16.9. The highest BCUT2D eigenvalue weighted by atomic mass is 19.2. The van der Waals surface area contributed by atoms with Gasteiger partial charge < -0.3 is 5.32 Å². The Morgan fingerprint density at radius 3 is 2.79 bits per heavy atom. The quantitative estimate of drug-likeness (QED) is 0.922. The summed E-state index contributed by atoms with van der Waals surface area (Å²) < 4.78 is 26.1. The molecule has 0 saturated heterocycles. The third kappa shape index (κ3) is 3.94. The minimum absolute atomic E-state index is 0.116. The van der Waals surface area contributed by atoms with E-state index in [-0.39, 0.29) is 5.56 Å². The number of nitrogens with one attached hydrogen (secondary N) is 1. The summed E-state index contributed by atoms with van der Waals surface area (Å²) in [6, 6.07) is 3.14. The van der Waals surface area contributed by atoms with Crippen molar-refractivity contribution in [1.29, 1.82) is 0 Å². The molecule has 0 unspecified atom stereocenters. The molecule has 0 spiro atoms. The average Bonchev–Trinajstić information content (AvgIpc) is 2.63. The van der Waals surface area contributed by atoms with E-state index >= 15 is 0 Å². The van der Waals surface area contributed by atoms with E-state index in [1.165, 1.54) is 11.6 Å². The van der Waals surface area contributed by atoms with Gasteiger partial charge in [0.25, 0.3) is 5.91 Å². The molecule has 4 nitrogen and oxygen atoms in total. The Kier molecular flexibility index (Phi) is 5.15. The van der Waals surface area contributed by atoms with Crippen molar-refractivity contribution in [2.45, 2.75) is 19.3 Å². The summed E-state index contributed by atoms with van der Waals surface area (Å²) in [5.41, 5.74) is 2.55. The van der Waals surface area contributed by atoms with E-state index in [0.717, 1.165) is 50.2 Å². The summed E-state index contributed by atoms with van der Waals surface area (Å²) >= 11 is 0. The Morgan fingerprint density at radius 1 is 1.25 bits per heavy atom. The zero-order valence-corrected chi connectivity index (χ0v) is 13.3. The lowest BCUT2D eigenvalue weighted by Gasteiger charge is -2.27. The van der Waals surface area contributed by atoms with E-state index < -0.39 is 17.5 Å². The molecule has 2 aliphatic heterocycles. The summed E-state index contributed by atoms with van der Waals surface area (Å²) in [5.74, 6) is -2.39. The van der Waals surface area contributed by atoms with Gasteiger partial charge >= 0.3 is 0 Å². The van der Waals surface area contributed by atoms with Crippen molar-refractivity contribution >= 4 is 11.6 Å². The molecule has 1 amide bonds. The Morgan fingerprint density at radius 2 is 2.12 bits per heavy atom. The Hall–Kier alpha value is -2.34. The standard InChI is InChI=1S/C18H19F2N3O/c19-15-5-4-14(11-16(15)20)18(24)22-12-23-9-6-13(7-10-23)17-3-1-2-8-21-17/h2,4-6,8,11H,1,3,7,9-10,12H2,(H,22,24). The minimum Gasteiger partial charge on any atom is -0.339 e. The number of halogens is 2. The van der Waals surface area contributed by atoms with E-state index in [4.69, 9.17) is 0 Å². The van der Waals surface area contributed by atoms with Gasteiger partial charge in [0.2, 0.25) is 0 Å².